The molecular weight excluding hydrogens is 270 g/mol. The normalized spacial score (nSPS) is 21.5. The lowest BCUT2D eigenvalue weighted by Crippen LogP contribution is -2.32. The van der Waals surface area contributed by atoms with Gasteiger partial charge < -0.3 is 10.1 Å². The van der Waals surface area contributed by atoms with Gasteiger partial charge in [-0.05, 0) is 54.9 Å². The van der Waals surface area contributed by atoms with Crippen LogP contribution in [0.1, 0.15) is 42.7 Å². The molecule has 1 aliphatic carbocycles. The average molecular weight is 295 g/mol. The van der Waals surface area contributed by atoms with Crippen molar-refractivity contribution in [3.05, 3.63) is 65.7 Å². The van der Waals surface area contributed by atoms with E-state index in [0.29, 0.717) is 6.04 Å². The Bertz CT molecular complexity index is 573. The Hall–Kier alpha value is -1.80. The molecule has 0 aromatic heterocycles. The smallest absolute Gasteiger partial charge is 0.119 e. The first kappa shape index (κ1) is 15.1. The summed E-state index contributed by atoms with van der Waals surface area (Å²) in [5, 5.41) is 3.71. The molecule has 1 fully saturated rings. The molecule has 0 radical (unpaired) electrons. The minimum Gasteiger partial charge on any atom is -0.497 e. The van der Waals surface area contributed by atoms with E-state index in [0.717, 1.165) is 18.2 Å². The monoisotopic (exact) mass is 295 g/mol. The summed E-state index contributed by atoms with van der Waals surface area (Å²) in [4.78, 5) is 0. The maximum Gasteiger partial charge on any atom is 0.119 e. The predicted octanol–water partition coefficient (Wildman–Crippen LogP) is 4.51. The van der Waals surface area contributed by atoms with Crippen LogP contribution in [0.2, 0.25) is 0 Å². The minimum atomic E-state index is 0.645. The van der Waals surface area contributed by atoms with Gasteiger partial charge in [-0.2, -0.15) is 0 Å². The van der Waals surface area contributed by atoms with E-state index in [9.17, 15) is 0 Å². The Morgan fingerprint density at radius 2 is 1.73 bits per heavy atom. The minimum absolute atomic E-state index is 0.645. The maximum atomic E-state index is 5.28. The summed E-state index contributed by atoms with van der Waals surface area (Å²) in [5.74, 6) is 1.68. The van der Waals surface area contributed by atoms with Crippen LogP contribution in [0.15, 0.2) is 54.6 Å². The third-order valence-electron chi connectivity index (χ3n) is 4.73. The molecule has 3 rings (SSSR count). The van der Waals surface area contributed by atoms with Gasteiger partial charge in [0.15, 0.2) is 0 Å². The van der Waals surface area contributed by atoms with Crippen LogP contribution >= 0.6 is 0 Å². The van der Waals surface area contributed by atoms with Gasteiger partial charge in [0.2, 0.25) is 0 Å². The van der Waals surface area contributed by atoms with Crippen molar-refractivity contribution in [2.45, 2.75) is 44.2 Å². The highest BCUT2D eigenvalue weighted by molar-refractivity contribution is 5.28. The first-order chi connectivity index (χ1) is 10.8. The quantitative estimate of drug-likeness (QED) is 0.876. The molecule has 116 valence electrons. The van der Waals surface area contributed by atoms with Crippen molar-refractivity contribution in [1.29, 1.82) is 0 Å². The molecule has 0 bridgehead atoms. The molecule has 2 aromatic rings. The largest absolute Gasteiger partial charge is 0.497 e. The van der Waals surface area contributed by atoms with Crippen LogP contribution in [0, 0.1) is 0 Å². The highest BCUT2D eigenvalue weighted by Gasteiger charge is 2.21. The molecular formula is C20H25NO. The van der Waals surface area contributed by atoms with Gasteiger partial charge in [-0.1, -0.05) is 42.5 Å². The second-order valence-corrected chi connectivity index (χ2v) is 6.19. The lowest BCUT2D eigenvalue weighted by atomic mass is 9.82. The van der Waals surface area contributed by atoms with Crippen molar-refractivity contribution in [2.24, 2.45) is 0 Å². The van der Waals surface area contributed by atoms with Crippen molar-refractivity contribution in [2.75, 3.05) is 7.11 Å². The van der Waals surface area contributed by atoms with Gasteiger partial charge >= 0.3 is 0 Å². The summed E-state index contributed by atoms with van der Waals surface area (Å²) in [7, 11) is 1.72. The standard InChI is InChI=1S/C20H25NO/c1-22-20-9-5-6-16(14-20)15-21-19-12-10-18(11-13-19)17-7-3-2-4-8-17/h2-9,14,18-19,21H,10-13,15H2,1H3. The first-order valence-corrected chi connectivity index (χ1v) is 8.26. The van der Waals surface area contributed by atoms with E-state index in [4.69, 9.17) is 4.74 Å². The van der Waals surface area contributed by atoms with Gasteiger partial charge in [0.1, 0.15) is 5.75 Å². The van der Waals surface area contributed by atoms with E-state index in [2.05, 4.69) is 53.8 Å². The van der Waals surface area contributed by atoms with Gasteiger partial charge in [-0.25, -0.2) is 0 Å². The molecule has 0 atom stereocenters. The molecule has 2 heteroatoms. The van der Waals surface area contributed by atoms with Crippen LogP contribution in [0.4, 0.5) is 0 Å². The second kappa shape index (κ2) is 7.46. The molecule has 0 aliphatic heterocycles. The molecule has 0 heterocycles. The Labute approximate surface area is 133 Å². The summed E-state index contributed by atoms with van der Waals surface area (Å²) in [6.07, 6.45) is 5.12. The number of nitrogens with one attached hydrogen (secondary N) is 1. The zero-order chi connectivity index (χ0) is 15.2. The molecule has 0 amide bonds. The number of hydrogen-bond acceptors (Lipinski definition) is 2. The maximum absolute atomic E-state index is 5.28. The Balaban J connectivity index is 1.48. The molecule has 0 unspecified atom stereocenters. The van der Waals surface area contributed by atoms with Gasteiger partial charge in [0.25, 0.3) is 0 Å². The summed E-state index contributed by atoms with van der Waals surface area (Å²) >= 11 is 0. The summed E-state index contributed by atoms with van der Waals surface area (Å²) in [6.45, 7) is 0.928. The average Bonchev–Trinajstić information content (AvgIpc) is 2.61. The highest BCUT2D eigenvalue weighted by Crippen LogP contribution is 2.32. The zero-order valence-electron chi connectivity index (χ0n) is 13.3. The second-order valence-electron chi connectivity index (χ2n) is 6.19. The van der Waals surface area contributed by atoms with Crippen LogP contribution in [-0.4, -0.2) is 13.2 Å². The molecule has 1 saturated carbocycles. The van der Waals surface area contributed by atoms with Gasteiger partial charge in [0.05, 0.1) is 7.11 Å². The molecule has 2 aromatic carbocycles. The van der Waals surface area contributed by atoms with Crippen molar-refractivity contribution in [1.82, 2.24) is 5.32 Å². The van der Waals surface area contributed by atoms with Gasteiger partial charge in [-0.15, -0.1) is 0 Å². The van der Waals surface area contributed by atoms with E-state index >= 15 is 0 Å². The van der Waals surface area contributed by atoms with Gasteiger partial charge in [-0.3, -0.25) is 0 Å². The van der Waals surface area contributed by atoms with E-state index < -0.39 is 0 Å². The number of benzene rings is 2. The topological polar surface area (TPSA) is 21.3 Å². The number of methoxy groups -OCH3 is 1. The van der Waals surface area contributed by atoms with Crippen LogP contribution in [0.25, 0.3) is 0 Å². The number of hydrogen-bond donors (Lipinski definition) is 1. The van der Waals surface area contributed by atoms with Crippen molar-refractivity contribution < 1.29 is 4.74 Å². The van der Waals surface area contributed by atoms with Crippen LogP contribution < -0.4 is 10.1 Å². The van der Waals surface area contributed by atoms with Crippen molar-refractivity contribution in [3.8, 4) is 5.75 Å². The molecule has 22 heavy (non-hydrogen) atoms. The molecule has 1 aliphatic rings. The Morgan fingerprint density at radius 1 is 0.955 bits per heavy atom. The molecule has 0 spiro atoms. The van der Waals surface area contributed by atoms with Crippen LogP contribution in [0.3, 0.4) is 0 Å². The zero-order valence-corrected chi connectivity index (χ0v) is 13.3. The fourth-order valence-electron chi connectivity index (χ4n) is 3.40. The Morgan fingerprint density at radius 3 is 2.45 bits per heavy atom. The lowest BCUT2D eigenvalue weighted by molar-refractivity contribution is 0.341. The third-order valence-corrected chi connectivity index (χ3v) is 4.73. The molecule has 2 nitrogen and oxygen atoms in total. The van der Waals surface area contributed by atoms with Crippen molar-refractivity contribution >= 4 is 0 Å². The van der Waals surface area contributed by atoms with Crippen LogP contribution in [-0.2, 0) is 6.54 Å². The highest BCUT2D eigenvalue weighted by atomic mass is 16.5. The lowest BCUT2D eigenvalue weighted by Gasteiger charge is -2.29. The van der Waals surface area contributed by atoms with Crippen LogP contribution in [0.5, 0.6) is 5.75 Å². The summed E-state index contributed by atoms with van der Waals surface area (Å²) in [5.41, 5.74) is 2.80. The first-order valence-electron chi connectivity index (χ1n) is 8.26. The fraction of sp³-hybridized carbons (Fsp3) is 0.400. The summed E-state index contributed by atoms with van der Waals surface area (Å²) < 4.78 is 5.28. The van der Waals surface area contributed by atoms with Gasteiger partial charge in [0, 0.05) is 12.6 Å². The Kier molecular flexibility index (Phi) is 5.12. The third kappa shape index (κ3) is 3.89. The van der Waals surface area contributed by atoms with E-state index in [1.807, 2.05) is 6.07 Å². The molecule has 1 N–H and O–H groups in total. The summed E-state index contributed by atoms with van der Waals surface area (Å²) in [6, 6.07) is 19.9. The van der Waals surface area contributed by atoms with E-state index in [1.165, 1.54) is 36.8 Å². The van der Waals surface area contributed by atoms with E-state index in [-0.39, 0.29) is 0 Å². The predicted molar refractivity (Wildman–Crippen MR) is 91.3 cm³/mol. The van der Waals surface area contributed by atoms with E-state index in [1.54, 1.807) is 7.11 Å². The van der Waals surface area contributed by atoms with Crippen molar-refractivity contribution in [3.63, 3.8) is 0 Å². The molecule has 0 saturated heterocycles. The number of ether oxygens (including phenoxy) is 1. The fourth-order valence-corrected chi connectivity index (χ4v) is 3.40. The SMILES string of the molecule is COc1cccc(CNC2CCC(c3ccccc3)CC2)c1. The number of rotatable bonds is 5.